The highest BCUT2D eigenvalue weighted by Crippen LogP contribution is 2.02. The molecule has 0 unspecified atom stereocenters. The minimum absolute atomic E-state index is 0.860. The zero-order valence-electron chi connectivity index (χ0n) is 16.0. The summed E-state index contributed by atoms with van der Waals surface area (Å²) in [7, 11) is 2.22. The van der Waals surface area contributed by atoms with Crippen LogP contribution in [0.15, 0.2) is 35.3 Å². The van der Waals surface area contributed by atoms with Crippen molar-refractivity contribution in [1.29, 1.82) is 0 Å². The SMILES string of the molecule is CCNC(=NCCCc1ccccc1)NCCN1CCCN(C)CC1. The third kappa shape index (κ3) is 8.36. The molecule has 0 aromatic heterocycles. The van der Waals surface area contributed by atoms with Crippen LogP contribution in [0.2, 0.25) is 0 Å². The maximum absolute atomic E-state index is 4.71. The van der Waals surface area contributed by atoms with Gasteiger partial charge in [-0.2, -0.15) is 0 Å². The second kappa shape index (κ2) is 11.9. The molecule has 0 bridgehead atoms. The predicted molar refractivity (Wildman–Crippen MR) is 107 cm³/mol. The van der Waals surface area contributed by atoms with E-state index in [1.165, 1.54) is 38.2 Å². The zero-order valence-corrected chi connectivity index (χ0v) is 16.0. The van der Waals surface area contributed by atoms with Gasteiger partial charge in [-0.3, -0.25) is 4.99 Å². The summed E-state index contributed by atoms with van der Waals surface area (Å²) in [4.78, 5) is 9.68. The van der Waals surface area contributed by atoms with Crippen LogP contribution in [-0.2, 0) is 6.42 Å². The van der Waals surface area contributed by atoms with E-state index in [0.29, 0.717) is 0 Å². The number of benzene rings is 1. The van der Waals surface area contributed by atoms with E-state index in [1.54, 1.807) is 0 Å². The molecule has 1 saturated heterocycles. The Balaban J connectivity index is 1.66. The molecule has 0 saturated carbocycles. The summed E-state index contributed by atoms with van der Waals surface area (Å²) in [5.41, 5.74) is 1.39. The van der Waals surface area contributed by atoms with Gasteiger partial charge in [-0.1, -0.05) is 30.3 Å². The number of aryl methyl sites for hydroxylation is 1. The molecule has 1 aromatic carbocycles. The highest BCUT2D eigenvalue weighted by atomic mass is 15.2. The van der Waals surface area contributed by atoms with Gasteiger partial charge < -0.3 is 20.4 Å². The van der Waals surface area contributed by atoms with E-state index in [-0.39, 0.29) is 0 Å². The molecule has 140 valence electrons. The number of guanidine groups is 1. The Morgan fingerprint density at radius 2 is 1.92 bits per heavy atom. The number of nitrogens with one attached hydrogen (secondary N) is 2. The Morgan fingerprint density at radius 3 is 2.72 bits per heavy atom. The van der Waals surface area contributed by atoms with E-state index < -0.39 is 0 Å². The molecular formula is C20H35N5. The predicted octanol–water partition coefficient (Wildman–Crippen LogP) is 1.81. The van der Waals surface area contributed by atoms with Crippen LogP contribution in [-0.4, -0.2) is 75.2 Å². The van der Waals surface area contributed by atoms with Crippen molar-refractivity contribution in [2.75, 3.05) is 59.4 Å². The van der Waals surface area contributed by atoms with Crippen molar-refractivity contribution < 1.29 is 0 Å². The van der Waals surface area contributed by atoms with E-state index in [0.717, 1.165) is 45.0 Å². The lowest BCUT2D eigenvalue weighted by molar-refractivity contribution is 0.280. The first-order valence-electron chi connectivity index (χ1n) is 9.75. The topological polar surface area (TPSA) is 42.9 Å². The fourth-order valence-electron chi connectivity index (χ4n) is 3.12. The van der Waals surface area contributed by atoms with Gasteiger partial charge in [0, 0.05) is 39.3 Å². The zero-order chi connectivity index (χ0) is 17.7. The summed E-state index contributed by atoms with van der Waals surface area (Å²) in [6.45, 7) is 10.7. The van der Waals surface area contributed by atoms with Crippen molar-refractivity contribution in [2.24, 2.45) is 4.99 Å². The number of likely N-dealkylation sites (N-methyl/N-ethyl adjacent to an activating group) is 1. The molecule has 25 heavy (non-hydrogen) atoms. The molecule has 1 aromatic rings. The molecule has 2 rings (SSSR count). The number of nitrogens with zero attached hydrogens (tertiary/aromatic N) is 3. The smallest absolute Gasteiger partial charge is 0.191 e. The molecule has 0 aliphatic carbocycles. The second-order valence-corrected chi connectivity index (χ2v) is 6.78. The first-order valence-corrected chi connectivity index (χ1v) is 9.75. The normalized spacial score (nSPS) is 17.3. The van der Waals surface area contributed by atoms with E-state index in [2.05, 4.69) is 64.7 Å². The Morgan fingerprint density at radius 1 is 1.08 bits per heavy atom. The van der Waals surface area contributed by atoms with E-state index >= 15 is 0 Å². The van der Waals surface area contributed by atoms with E-state index in [9.17, 15) is 0 Å². The summed E-state index contributed by atoms with van der Waals surface area (Å²) in [5, 5.41) is 6.83. The third-order valence-corrected chi connectivity index (χ3v) is 4.61. The van der Waals surface area contributed by atoms with Crippen molar-refractivity contribution in [3.05, 3.63) is 35.9 Å². The highest BCUT2D eigenvalue weighted by Gasteiger charge is 2.11. The fraction of sp³-hybridized carbons (Fsp3) is 0.650. The van der Waals surface area contributed by atoms with Gasteiger partial charge >= 0.3 is 0 Å². The van der Waals surface area contributed by atoms with Crippen molar-refractivity contribution in [1.82, 2.24) is 20.4 Å². The van der Waals surface area contributed by atoms with Crippen LogP contribution >= 0.6 is 0 Å². The monoisotopic (exact) mass is 345 g/mol. The number of hydrogen-bond acceptors (Lipinski definition) is 3. The molecular weight excluding hydrogens is 310 g/mol. The van der Waals surface area contributed by atoms with Crippen LogP contribution in [0.5, 0.6) is 0 Å². The van der Waals surface area contributed by atoms with Crippen molar-refractivity contribution >= 4 is 5.96 Å². The van der Waals surface area contributed by atoms with Crippen molar-refractivity contribution in [2.45, 2.75) is 26.2 Å². The maximum Gasteiger partial charge on any atom is 0.191 e. The first kappa shape index (κ1) is 19.7. The maximum atomic E-state index is 4.71. The van der Waals surface area contributed by atoms with Crippen LogP contribution in [0.1, 0.15) is 25.3 Å². The van der Waals surface area contributed by atoms with Gasteiger partial charge in [-0.05, 0) is 51.9 Å². The van der Waals surface area contributed by atoms with Gasteiger partial charge in [-0.25, -0.2) is 0 Å². The van der Waals surface area contributed by atoms with Gasteiger partial charge in [0.2, 0.25) is 0 Å². The molecule has 5 heteroatoms. The molecule has 1 heterocycles. The summed E-state index contributed by atoms with van der Waals surface area (Å²) >= 11 is 0. The fourth-order valence-corrected chi connectivity index (χ4v) is 3.12. The summed E-state index contributed by atoms with van der Waals surface area (Å²) in [6.07, 6.45) is 3.44. The average Bonchev–Trinajstić information content (AvgIpc) is 2.84. The van der Waals surface area contributed by atoms with Crippen molar-refractivity contribution in [3.8, 4) is 0 Å². The Kier molecular flexibility index (Phi) is 9.37. The first-order chi connectivity index (χ1) is 12.3. The Labute approximate surface area is 153 Å². The summed E-state index contributed by atoms with van der Waals surface area (Å²) in [5.74, 6) is 0.947. The number of rotatable bonds is 8. The standard InChI is InChI=1S/C20H35N5/c1-3-21-20(22-12-7-11-19-9-5-4-6-10-19)23-13-16-25-15-8-14-24(2)17-18-25/h4-6,9-10H,3,7-8,11-18H2,1-2H3,(H2,21,22,23). The van der Waals surface area contributed by atoms with Crippen molar-refractivity contribution in [3.63, 3.8) is 0 Å². The van der Waals surface area contributed by atoms with Gasteiger partial charge in [0.05, 0.1) is 0 Å². The molecule has 1 aliphatic heterocycles. The average molecular weight is 346 g/mol. The van der Waals surface area contributed by atoms with Crippen LogP contribution < -0.4 is 10.6 Å². The van der Waals surface area contributed by atoms with Gasteiger partial charge in [0.25, 0.3) is 0 Å². The van der Waals surface area contributed by atoms with E-state index in [4.69, 9.17) is 4.99 Å². The lowest BCUT2D eigenvalue weighted by Crippen LogP contribution is -2.42. The van der Waals surface area contributed by atoms with Gasteiger partial charge in [-0.15, -0.1) is 0 Å². The molecule has 0 radical (unpaired) electrons. The minimum atomic E-state index is 0.860. The van der Waals surface area contributed by atoms with Gasteiger partial charge in [0.1, 0.15) is 0 Å². The lowest BCUT2D eigenvalue weighted by atomic mass is 10.1. The molecule has 1 aliphatic rings. The van der Waals surface area contributed by atoms with Crippen LogP contribution in [0.25, 0.3) is 0 Å². The minimum Gasteiger partial charge on any atom is -0.357 e. The summed E-state index contributed by atoms with van der Waals surface area (Å²) in [6, 6.07) is 10.6. The van der Waals surface area contributed by atoms with Crippen LogP contribution in [0, 0.1) is 0 Å². The second-order valence-electron chi connectivity index (χ2n) is 6.78. The Bertz CT molecular complexity index is 488. The third-order valence-electron chi connectivity index (χ3n) is 4.61. The van der Waals surface area contributed by atoms with Crippen LogP contribution in [0.3, 0.4) is 0 Å². The molecule has 0 amide bonds. The molecule has 5 nitrogen and oxygen atoms in total. The van der Waals surface area contributed by atoms with Gasteiger partial charge in [0.15, 0.2) is 5.96 Å². The molecule has 1 fully saturated rings. The molecule has 2 N–H and O–H groups in total. The largest absolute Gasteiger partial charge is 0.357 e. The lowest BCUT2D eigenvalue weighted by Gasteiger charge is -2.21. The number of aliphatic imine (C=N–C) groups is 1. The highest BCUT2D eigenvalue weighted by molar-refractivity contribution is 5.79. The molecule has 0 atom stereocenters. The molecule has 0 spiro atoms. The number of hydrogen-bond donors (Lipinski definition) is 2. The summed E-state index contributed by atoms with van der Waals surface area (Å²) < 4.78 is 0. The quantitative estimate of drug-likeness (QED) is 0.428. The Hall–Kier alpha value is -1.59. The van der Waals surface area contributed by atoms with Crippen LogP contribution in [0.4, 0.5) is 0 Å². The van der Waals surface area contributed by atoms with E-state index in [1.807, 2.05) is 0 Å².